The molecule has 0 aliphatic carbocycles. The highest BCUT2D eigenvalue weighted by Gasteiger charge is 2.18. The molecule has 1 aromatic rings. The van der Waals surface area contributed by atoms with Crippen LogP contribution in [0.3, 0.4) is 0 Å². The molecule has 0 aliphatic heterocycles. The number of nitrogens with zero attached hydrogens (tertiary/aromatic N) is 1. The van der Waals surface area contributed by atoms with E-state index in [-0.39, 0.29) is 11.5 Å². The van der Waals surface area contributed by atoms with Crippen LogP contribution in [0.15, 0.2) is 0 Å². The van der Waals surface area contributed by atoms with Crippen molar-refractivity contribution in [3.63, 3.8) is 0 Å². The lowest BCUT2D eigenvalue weighted by atomic mass is 10.2. The maximum atomic E-state index is 11.7. The van der Waals surface area contributed by atoms with Gasteiger partial charge in [-0.05, 0) is 31.4 Å². The summed E-state index contributed by atoms with van der Waals surface area (Å²) in [4.78, 5) is 22.7. The molecule has 0 fully saturated rings. The lowest BCUT2D eigenvalue weighted by molar-refractivity contribution is -0.116. The van der Waals surface area contributed by atoms with Crippen LogP contribution in [-0.4, -0.2) is 33.9 Å². The molecule has 0 saturated heterocycles. The van der Waals surface area contributed by atoms with E-state index in [4.69, 9.17) is 5.11 Å². The topological polar surface area (TPSA) is 91.3 Å². The molecule has 1 rings (SSSR count). The first kappa shape index (κ1) is 15.6. The van der Waals surface area contributed by atoms with Crippen LogP contribution in [0.25, 0.3) is 0 Å². The van der Waals surface area contributed by atoms with Crippen LogP contribution in [0, 0.1) is 6.92 Å². The molecule has 0 radical (unpaired) electrons. The standard InChI is InChI=1S/C12H19N3O3S/c1-7(2)13-6-4-5-9(16)14-11-10(12(17)18)8(3)15-19-11/h7,13H,4-6H2,1-3H3,(H,14,16)(H,17,18). The minimum atomic E-state index is -1.07. The van der Waals surface area contributed by atoms with Crippen LogP contribution < -0.4 is 10.6 Å². The molecule has 0 bridgehead atoms. The normalized spacial score (nSPS) is 10.7. The second-order valence-electron chi connectivity index (χ2n) is 4.54. The van der Waals surface area contributed by atoms with Gasteiger partial charge in [-0.15, -0.1) is 0 Å². The highest BCUT2D eigenvalue weighted by atomic mass is 32.1. The SMILES string of the molecule is Cc1nsc(NC(=O)CCCNC(C)C)c1C(=O)O. The van der Waals surface area contributed by atoms with Crippen LogP contribution in [0.1, 0.15) is 42.7 Å². The highest BCUT2D eigenvalue weighted by Crippen LogP contribution is 2.24. The van der Waals surface area contributed by atoms with E-state index in [1.165, 1.54) is 0 Å². The third kappa shape index (κ3) is 4.96. The number of aryl methyl sites for hydroxylation is 1. The van der Waals surface area contributed by atoms with E-state index in [1.807, 2.05) is 13.8 Å². The molecule has 0 spiro atoms. The fourth-order valence-electron chi connectivity index (χ4n) is 1.54. The molecular weight excluding hydrogens is 266 g/mol. The average Bonchev–Trinajstić information content (AvgIpc) is 2.65. The van der Waals surface area contributed by atoms with E-state index in [9.17, 15) is 9.59 Å². The summed E-state index contributed by atoms with van der Waals surface area (Å²) >= 11 is 0.999. The van der Waals surface area contributed by atoms with Gasteiger partial charge >= 0.3 is 5.97 Å². The van der Waals surface area contributed by atoms with E-state index in [0.29, 0.717) is 29.6 Å². The quantitative estimate of drug-likeness (QED) is 0.665. The first-order chi connectivity index (χ1) is 8.91. The highest BCUT2D eigenvalue weighted by molar-refractivity contribution is 7.11. The van der Waals surface area contributed by atoms with Crippen molar-refractivity contribution in [3.05, 3.63) is 11.3 Å². The summed E-state index contributed by atoms with van der Waals surface area (Å²) in [6.45, 7) is 6.46. The Kier molecular flexibility index (Phi) is 5.91. The molecule has 0 atom stereocenters. The zero-order valence-electron chi connectivity index (χ0n) is 11.3. The molecule has 19 heavy (non-hydrogen) atoms. The summed E-state index contributed by atoms with van der Waals surface area (Å²) in [6.07, 6.45) is 1.07. The number of hydrogen-bond acceptors (Lipinski definition) is 5. The fourth-order valence-corrected chi connectivity index (χ4v) is 2.34. The van der Waals surface area contributed by atoms with Gasteiger partial charge in [0, 0.05) is 12.5 Å². The summed E-state index contributed by atoms with van der Waals surface area (Å²) in [5.74, 6) is -1.25. The van der Waals surface area contributed by atoms with E-state index in [1.54, 1.807) is 6.92 Å². The molecule has 106 valence electrons. The number of hydrogen-bond donors (Lipinski definition) is 3. The number of aromatic carboxylic acids is 1. The van der Waals surface area contributed by atoms with Crippen LogP contribution in [0.2, 0.25) is 0 Å². The van der Waals surface area contributed by atoms with Crippen molar-refractivity contribution < 1.29 is 14.7 Å². The van der Waals surface area contributed by atoms with Crippen molar-refractivity contribution >= 4 is 28.4 Å². The summed E-state index contributed by atoms with van der Waals surface area (Å²) in [5, 5.41) is 15.2. The predicted molar refractivity (Wildman–Crippen MR) is 74.8 cm³/mol. The molecule has 3 N–H and O–H groups in total. The number of carbonyl (C=O) groups excluding carboxylic acids is 1. The summed E-state index contributed by atoms with van der Waals surface area (Å²) in [5.41, 5.74) is 0.507. The second kappa shape index (κ2) is 7.20. The number of carboxylic acids is 1. The number of nitrogens with one attached hydrogen (secondary N) is 2. The predicted octanol–water partition coefficient (Wildman–Crippen LogP) is 1.87. The van der Waals surface area contributed by atoms with Crippen molar-refractivity contribution in [2.24, 2.45) is 0 Å². The maximum absolute atomic E-state index is 11.7. The van der Waals surface area contributed by atoms with Gasteiger partial charge in [-0.3, -0.25) is 4.79 Å². The number of rotatable bonds is 7. The molecule has 0 aromatic carbocycles. The largest absolute Gasteiger partial charge is 0.478 e. The lowest BCUT2D eigenvalue weighted by Crippen LogP contribution is -2.24. The van der Waals surface area contributed by atoms with E-state index in [2.05, 4.69) is 15.0 Å². The van der Waals surface area contributed by atoms with Crippen molar-refractivity contribution in [2.45, 2.75) is 39.7 Å². The van der Waals surface area contributed by atoms with Gasteiger partial charge in [0.15, 0.2) is 0 Å². The molecule has 7 heteroatoms. The van der Waals surface area contributed by atoms with E-state index < -0.39 is 5.97 Å². The Balaban J connectivity index is 2.47. The van der Waals surface area contributed by atoms with Gasteiger partial charge in [0.25, 0.3) is 0 Å². The minimum absolute atomic E-state index is 0.0821. The Morgan fingerprint density at radius 2 is 2.11 bits per heavy atom. The lowest BCUT2D eigenvalue weighted by Gasteiger charge is -2.07. The van der Waals surface area contributed by atoms with Crippen LogP contribution in [0.4, 0.5) is 5.00 Å². The van der Waals surface area contributed by atoms with Crippen molar-refractivity contribution in [1.29, 1.82) is 0 Å². The van der Waals surface area contributed by atoms with Crippen LogP contribution >= 0.6 is 11.5 Å². The molecular formula is C12H19N3O3S. The minimum Gasteiger partial charge on any atom is -0.478 e. The smallest absolute Gasteiger partial charge is 0.340 e. The zero-order valence-corrected chi connectivity index (χ0v) is 12.1. The van der Waals surface area contributed by atoms with Gasteiger partial charge in [-0.25, -0.2) is 4.79 Å². The van der Waals surface area contributed by atoms with Gasteiger partial charge in [0.05, 0.1) is 5.69 Å². The Morgan fingerprint density at radius 3 is 2.68 bits per heavy atom. The third-order valence-corrected chi connectivity index (χ3v) is 3.32. The van der Waals surface area contributed by atoms with Gasteiger partial charge in [0.2, 0.25) is 5.91 Å². The summed E-state index contributed by atoms with van der Waals surface area (Å²) < 4.78 is 3.94. The number of anilines is 1. The van der Waals surface area contributed by atoms with Crippen LogP contribution in [0.5, 0.6) is 0 Å². The van der Waals surface area contributed by atoms with Gasteiger partial charge in [-0.2, -0.15) is 4.37 Å². The zero-order chi connectivity index (χ0) is 14.4. The summed E-state index contributed by atoms with van der Waals surface area (Å²) in [6, 6.07) is 0.394. The molecule has 0 saturated carbocycles. The number of aromatic nitrogens is 1. The molecule has 6 nitrogen and oxygen atoms in total. The number of carbonyl (C=O) groups is 2. The molecule has 0 aliphatic rings. The Labute approximate surface area is 116 Å². The number of amides is 1. The molecule has 1 amide bonds. The third-order valence-electron chi connectivity index (χ3n) is 2.46. The molecule has 0 unspecified atom stereocenters. The fraction of sp³-hybridized carbons (Fsp3) is 0.583. The van der Waals surface area contributed by atoms with Crippen molar-refractivity contribution in [3.8, 4) is 0 Å². The van der Waals surface area contributed by atoms with E-state index >= 15 is 0 Å². The first-order valence-corrected chi connectivity index (χ1v) is 6.92. The van der Waals surface area contributed by atoms with Gasteiger partial charge < -0.3 is 15.7 Å². The summed E-state index contributed by atoms with van der Waals surface area (Å²) in [7, 11) is 0. The second-order valence-corrected chi connectivity index (χ2v) is 5.31. The van der Waals surface area contributed by atoms with Gasteiger partial charge in [-0.1, -0.05) is 13.8 Å². The Bertz CT molecular complexity index is 457. The van der Waals surface area contributed by atoms with Crippen LogP contribution in [-0.2, 0) is 4.79 Å². The Hall–Kier alpha value is -1.47. The van der Waals surface area contributed by atoms with Crippen molar-refractivity contribution in [2.75, 3.05) is 11.9 Å². The van der Waals surface area contributed by atoms with Gasteiger partial charge in [0.1, 0.15) is 10.6 Å². The average molecular weight is 285 g/mol. The first-order valence-electron chi connectivity index (χ1n) is 6.14. The van der Waals surface area contributed by atoms with E-state index in [0.717, 1.165) is 18.1 Å². The monoisotopic (exact) mass is 285 g/mol. The van der Waals surface area contributed by atoms with Crippen molar-refractivity contribution in [1.82, 2.24) is 9.69 Å². The molecule has 1 heterocycles. The Morgan fingerprint density at radius 1 is 1.42 bits per heavy atom. The maximum Gasteiger partial charge on any atom is 0.340 e. The molecule has 1 aromatic heterocycles. The number of carboxylic acid groups (broad SMARTS) is 1.